The summed E-state index contributed by atoms with van der Waals surface area (Å²) in [5, 5.41) is 11.3. The lowest BCUT2D eigenvalue weighted by atomic mass is 10.1. The van der Waals surface area contributed by atoms with Gasteiger partial charge in [-0.1, -0.05) is 129 Å². The molecule has 50 heavy (non-hydrogen) atoms. The molecule has 5 heteroatoms. The Labute approximate surface area is 293 Å². The summed E-state index contributed by atoms with van der Waals surface area (Å²) in [6.07, 6.45) is 0. The van der Waals surface area contributed by atoms with Gasteiger partial charge in [0.05, 0.1) is 33.5 Å². The number of rotatable bonds is 2. The number of benzene rings is 6. The number of para-hydroxylation sites is 4. The summed E-state index contributed by atoms with van der Waals surface area (Å²) >= 11 is 0. The van der Waals surface area contributed by atoms with Gasteiger partial charge in [0.25, 0.3) is 0 Å². The zero-order valence-electron chi connectivity index (χ0n) is 28.6. The molecule has 2 aliphatic rings. The van der Waals surface area contributed by atoms with Gasteiger partial charge in [0, 0.05) is 44.0 Å². The van der Waals surface area contributed by atoms with Gasteiger partial charge >= 0.3 is 0 Å². The number of aromatic nitrogens is 3. The first-order valence-electron chi connectivity index (χ1n) is 17.7. The second-order valence-electron chi connectivity index (χ2n) is 15.2. The molecule has 5 heterocycles. The zero-order valence-corrected chi connectivity index (χ0v) is 30.6. The predicted octanol–water partition coefficient (Wildman–Crippen LogP) is 8.88. The molecule has 3 aromatic heterocycles. The average molecular weight is 674 g/mol. The van der Waals surface area contributed by atoms with Gasteiger partial charge in [-0.15, -0.1) is 0 Å². The van der Waals surface area contributed by atoms with Crippen molar-refractivity contribution in [2.75, 3.05) is 0 Å². The topological polar surface area (TPSA) is 22.8 Å². The molecule has 238 valence electrons. The van der Waals surface area contributed by atoms with Crippen LogP contribution in [0, 0.1) is 0 Å². The largest absolute Gasteiger partial charge is 0.309 e. The van der Waals surface area contributed by atoms with Gasteiger partial charge in [-0.05, 0) is 57.1 Å². The fraction of sp³-hybridized carbons (Fsp3) is 0.0889. The third-order valence-electron chi connectivity index (χ3n) is 11.9. The minimum Gasteiger partial charge on any atom is -0.309 e. The Morgan fingerprint density at radius 1 is 0.400 bits per heavy atom. The van der Waals surface area contributed by atoms with Gasteiger partial charge < -0.3 is 9.13 Å². The molecule has 0 fully saturated rings. The monoisotopic (exact) mass is 673 g/mol. The number of fused-ring (bicyclic) bond motifs is 10. The Morgan fingerprint density at radius 3 is 1.66 bits per heavy atom. The van der Waals surface area contributed by atoms with Crippen LogP contribution in [0.3, 0.4) is 0 Å². The van der Waals surface area contributed by atoms with Crippen LogP contribution in [0.5, 0.6) is 0 Å². The van der Waals surface area contributed by atoms with E-state index in [-0.39, 0.29) is 0 Å². The lowest BCUT2D eigenvalue weighted by Gasteiger charge is -2.33. The molecule has 3 nitrogen and oxygen atoms in total. The molecule has 0 aliphatic carbocycles. The Hall–Kier alpha value is -5.50. The van der Waals surface area contributed by atoms with E-state index in [0.29, 0.717) is 0 Å². The van der Waals surface area contributed by atoms with Crippen molar-refractivity contribution in [1.82, 2.24) is 14.1 Å². The maximum absolute atomic E-state index is 5.36. The standard InChI is InChI=1S/C45H35N3Si2/c1-49(2)40-19-8-7-18-37(40)48-38-26-28(22-24-31(38)33-14-10-21-43(49)45(33)48)34-15-11-16-35(46-34)29-23-25-41-39(27-29)47-36-17-6-5-12-30(36)32-13-9-20-42(44(32)47)50(41,3)4/h5-27H,1-4H3. The Bertz CT molecular complexity index is 2940. The van der Waals surface area contributed by atoms with Gasteiger partial charge in [0.2, 0.25) is 0 Å². The minimum absolute atomic E-state index is 0.994. The molecule has 9 aromatic rings. The summed E-state index contributed by atoms with van der Waals surface area (Å²) in [6.45, 7) is 9.98. The molecule has 0 unspecified atom stereocenters. The molecule has 0 atom stereocenters. The number of pyridine rings is 1. The zero-order chi connectivity index (χ0) is 33.5. The lowest BCUT2D eigenvalue weighted by Crippen LogP contribution is -2.57. The van der Waals surface area contributed by atoms with E-state index in [9.17, 15) is 0 Å². The first-order valence-corrected chi connectivity index (χ1v) is 23.7. The van der Waals surface area contributed by atoms with E-state index in [4.69, 9.17) is 4.98 Å². The van der Waals surface area contributed by atoms with E-state index >= 15 is 0 Å². The molecule has 0 radical (unpaired) electrons. The van der Waals surface area contributed by atoms with Crippen molar-refractivity contribution in [1.29, 1.82) is 0 Å². The Morgan fingerprint density at radius 2 is 0.920 bits per heavy atom. The van der Waals surface area contributed by atoms with Crippen LogP contribution >= 0.6 is 0 Å². The van der Waals surface area contributed by atoms with Gasteiger partial charge in [0.15, 0.2) is 0 Å². The summed E-state index contributed by atoms with van der Waals surface area (Å²) in [4.78, 5) is 5.36. The van der Waals surface area contributed by atoms with Crippen LogP contribution in [-0.4, -0.2) is 30.3 Å². The normalized spacial score (nSPS) is 15.1. The molecule has 0 amide bonds. The van der Waals surface area contributed by atoms with E-state index < -0.39 is 16.1 Å². The third-order valence-corrected chi connectivity index (χ3v) is 18.9. The van der Waals surface area contributed by atoms with Crippen molar-refractivity contribution in [3.63, 3.8) is 0 Å². The summed E-state index contributed by atoms with van der Waals surface area (Å²) in [6, 6.07) is 52.3. The molecule has 0 spiro atoms. The third kappa shape index (κ3) is 3.51. The van der Waals surface area contributed by atoms with Crippen molar-refractivity contribution < 1.29 is 0 Å². The highest BCUT2D eigenvalue weighted by atomic mass is 28.3. The van der Waals surface area contributed by atoms with E-state index in [0.717, 1.165) is 22.5 Å². The molecule has 2 aliphatic heterocycles. The van der Waals surface area contributed by atoms with Crippen LogP contribution in [0.2, 0.25) is 26.2 Å². The quantitative estimate of drug-likeness (QED) is 0.168. The van der Waals surface area contributed by atoms with Crippen molar-refractivity contribution in [2.24, 2.45) is 0 Å². The molecule has 0 saturated carbocycles. The maximum Gasteiger partial charge on any atom is 0.117 e. The summed E-state index contributed by atoms with van der Waals surface area (Å²) in [5.41, 5.74) is 12.2. The van der Waals surface area contributed by atoms with Crippen molar-refractivity contribution in [3.8, 4) is 33.9 Å². The first-order chi connectivity index (χ1) is 24.3. The average Bonchev–Trinajstić information content (AvgIpc) is 3.66. The van der Waals surface area contributed by atoms with E-state index in [1.807, 2.05) is 0 Å². The predicted molar refractivity (Wildman–Crippen MR) is 217 cm³/mol. The highest BCUT2D eigenvalue weighted by molar-refractivity contribution is 7.03. The molecule has 0 bridgehead atoms. The number of hydrogen-bond donors (Lipinski definition) is 0. The maximum atomic E-state index is 5.36. The molecule has 6 aromatic carbocycles. The molecular weight excluding hydrogens is 639 g/mol. The fourth-order valence-corrected chi connectivity index (χ4v) is 15.4. The summed E-state index contributed by atoms with van der Waals surface area (Å²) in [7, 11) is -3.78. The van der Waals surface area contributed by atoms with E-state index in [1.165, 1.54) is 75.7 Å². The van der Waals surface area contributed by atoms with Crippen molar-refractivity contribution in [2.45, 2.75) is 26.2 Å². The van der Waals surface area contributed by atoms with E-state index in [2.05, 4.69) is 175 Å². The number of nitrogens with zero attached hydrogens (tertiary/aromatic N) is 3. The molecule has 11 rings (SSSR count). The lowest BCUT2D eigenvalue weighted by molar-refractivity contribution is 1.18. The molecular formula is C45H35N3Si2. The smallest absolute Gasteiger partial charge is 0.117 e. The fourth-order valence-electron chi connectivity index (χ4n) is 9.40. The highest BCUT2D eigenvalue weighted by Crippen LogP contribution is 2.39. The van der Waals surface area contributed by atoms with Gasteiger partial charge in [0.1, 0.15) is 16.1 Å². The SMILES string of the molecule is C[Si]1(C)c2ccc(-c3cccc(-c4ccc5c6cccc7c6n(c5c4)-c4ccccc4[Si]7(C)C)n3)cc2-n2c3ccccc3c3cccc1c32. The van der Waals surface area contributed by atoms with Gasteiger partial charge in [-0.2, -0.15) is 0 Å². The number of hydrogen-bond acceptors (Lipinski definition) is 1. The van der Waals surface area contributed by atoms with E-state index in [1.54, 1.807) is 0 Å². The van der Waals surface area contributed by atoms with Crippen LogP contribution in [0.15, 0.2) is 140 Å². The van der Waals surface area contributed by atoms with Crippen LogP contribution in [0.25, 0.3) is 77.5 Å². The molecule has 0 saturated heterocycles. The Balaban J connectivity index is 1.09. The summed E-state index contributed by atoms with van der Waals surface area (Å²) < 4.78 is 5.05. The summed E-state index contributed by atoms with van der Waals surface area (Å²) in [5.74, 6) is 0. The second-order valence-corrected chi connectivity index (χ2v) is 23.9. The Kier molecular flexibility index (Phi) is 5.44. The molecule has 0 N–H and O–H groups in total. The van der Waals surface area contributed by atoms with Crippen LogP contribution in [0.4, 0.5) is 0 Å². The van der Waals surface area contributed by atoms with Crippen molar-refractivity contribution >= 4 is 80.5 Å². The van der Waals surface area contributed by atoms with Gasteiger partial charge in [-0.3, -0.25) is 0 Å². The first kappa shape index (κ1) is 28.4. The minimum atomic E-state index is -1.94. The van der Waals surface area contributed by atoms with Crippen molar-refractivity contribution in [3.05, 3.63) is 140 Å². The van der Waals surface area contributed by atoms with Crippen LogP contribution in [0.1, 0.15) is 0 Å². The second kappa shape index (κ2) is 9.60. The van der Waals surface area contributed by atoms with Gasteiger partial charge in [-0.25, -0.2) is 4.98 Å². The highest BCUT2D eigenvalue weighted by Gasteiger charge is 2.38. The van der Waals surface area contributed by atoms with Crippen LogP contribution < -0.4 is 20.7 Å². The van der Waals surface area contributed by atoms with Crippen LogP contribution in [-0.2, 0) is 0 Å².